The zero-order chi connectivity index (χ0) is 38.1. The van der Waals surface area contributed by atoms with Crippen molar-refractivity contribution in [2.45, 2.75) is 66.2 Å². The van der Waals surface area contributed by atoms with Gasteiger partial charge in [0, 0.05) is 10.8 Å². The number of nitriles is 1. The Bertz CT molecular complexity index is 2770. The summed E-state index contributed by atoms with van der Waals surface area (Å²) in [6.45, 7) is 26.0. The summed E-state index contributed by atoms with van der Waals surface area (Å²) in [4.78, 5) is 21.7. The standard InChI is InChI=1S/C46H40N6S2/c1-25-10-14-27(15-11-25)38-36-37(41(52-38)42(48-9)44-50-33-21-19-30(46(6,7)8)23-35(33)54-44)39(28-16-12-26(2)13-17-28)51-40(36)31(24-47)43-49-32-20-18-29(45(3,4)5)22-34(32)53-43/h10-23,51-52H,1-8H3/b40-31-,42-41+. The Kier molecular flexibility index (Phi) is 8.45. The molecule has 0 amide bonds. The summed E-state index contributed by atoms with van der Waals surface area (Å²) in [5.74, 6) is 0. The van der Waals surface area contributed by atoms with Crippen molar-refractivity contribution < 1.29 is 0 Å². The van der Waals surface area contributed by atoms with Gasteiger partial charge in [-0.15, -0.1) is 22.7 Å². The van der Waals surface area contributed by atoms with Gasteiger partial charge in [0.1, 0.15) is 21.7 Å². The highest BCUT2D eigenvalue weighted by atomic mass is 32.1. The van der Waals surface area contributed by atoms with Crippen LogP contribution in [0.25, 0.3) is 69.8 Å². The number of fused-ring (bicyclic) bond motifs is 3. The van der Waals surface area contributed by atoms with E-state index in [1.54, 1.807) is 0 Å². The largest absolute Gasteiger partial charge is 0.363 e. The Morgan fingerprint density at radius 2 is 1.09 bits per heavy atom. The van der Waals surface area contributed by atoms with Gasteiger partial charge in [-0.3, -0.25) is 0 Å². The van der Waals surface area contributed by atoms with Crippen LogP contribution in [0.5, 0.6) is 0 Å². The smallest absolute Gasteiger partial charge is 0.245 e. The van der Waals surface area contributed by atoms with Crippen LogP contribution in [-0.2, 0) is 10.8 Å². The third kappa shape index (κ3) is 6.12. The molecule has 0 saturated carbocycles. The average molecular weight is 741 g/mol. The summed E-state index contributed by atoms with van der Waals surface area (Å²) in [7, 11) is 0. The molecule has 0 aliphatic rings. The topological polar surface area (TPSA) is 85.5 Å². The van der Waals surface area contributed by atoms with Crippen LogP contribution in [0.1, 0.15) is 73.8 Å². The van der Waals surface area contributed by atoms with Gasteiger partial charge in [-0.1, -0.05) is 113 Å². The number of nitrogens with one attached hydrogen (secondary N) is 2. The fraction of sp³-hybridized carbons (Fsp3) is 0.217. The number of hydrogen-bond donors (Lipinski definition) is 2. The molecular formula is C46H40N6S2. The SMILES string of the molecule is [C-]#[N+]/C(c1nc2ccc(C(C)(C)C)cc2s1)=c1/[nH]c(-c2ccc(C)cc2)c2/c(=C(\C#N)c3nc4ccc(C(C)(C)C)cc4s3)[nH]c(-c3ccc(C)cc3)c12. The number of aromatic nitrogens is 4. The van der Waals surface area contributed by atoms with Crippen LogP contribution in [0.2, 0.25) is 0 Å². The predicted molar refractivity (Wildman–Crippen MR) is 226 cm³/mol. The van der Waals surface area contributed by atoms with Gasteiger partial charge < -0.3 is 9.97 Å². The molecule has 0 aliphatic heterocycles. The lowest BCUT2D eigenvalue weighted by molar-refractivity contribution is 0.591. The lowest BCUT2D eigenvalue weighted by Gasteiger charge is -2.18. The maximum atomic E-state index is 11.0. The molecule has 4 aromatic heterocycles. The van der Waals surface area contributed by atoms with Gasteiger partial charge in [-0.05, 0) is 71.2 Å². The Balaban J connectivity index is 1.52. The number of thiazole rings is 2. The Labute approximate surface area is 323 Å². The third-order valence-electron chi connectivity index (χ3n) is 10.1. The summed E-state index contributed by atoms with van der Waals surface area (Å²) < 4.78 is 2.08. The van der Waals surface area contributed by atoms with E-state index in [1.807, 2.05) is 0 Å². The molecule has 0 saturated heterocycles. The number of hydrogen-bond acceptors (Lipinski definition) is 5. The van der Waals surface area contributed by atoms with Gasteiger partial charge in [0.2, 0.25) is 5.70 Å². The van der Waals surface area contributed by atoms with E-state index < -0.39 is 0 Å². The zero-order valence-electron chi connectivity index (χ0n) is 31.7. The van der Waals surface area contributed by atoms with Crippen molar-refractivity contribution in [2.75, 3.05) is 0 Å². The maximum absolute atomic E-state index is 11.0. The number of rotatable bonds is 4. The molecule has 8 aromatic rings. The summed E-state index contributed by atoms with van der Waals surface area (Å²) in [5.41, 5.74) is 10.9. The van der Waals surface area contributed by atoms with Crippen molar-refractivity contribution >= 4 is 65.1 Å². The first kappa shape index (κ1) is 35.2. The first-order valence-corrected chi connectivity index (χ1v) is 19.6. The lowest BCUT2D eigenvalue weighted by Crippen LogP contribution is -2.10. The first-order chi connectivity index (χ1) is 25.7. The van der Waals surface area contributed by atoms with E-state index in [1.165, 1.54) is 33.8 Å². The molecule has 2 N–H and O–H groups in total. The number of aromatic amines is 2. The summed E-state index contributed by atoms with van der Waals surface area (Å²) in [6.07, 6.45) is 0. The van der Waals surface area contributed by atoms with Crippen molar-refractivity contribution in [3.63, 3.8) is 0 Å². The molecule has 0 atom stereocenters. The maximum Gasteiger partial charge on any atom is 0.245 e. The second-order valence-corrected chi connectivity index (χ2v) is 18.1. The normalized spacial score (nSPS) is 13.4. The predicted octanol–water partition coefficient (Wildman–Crippen LogP) is 11.1. The fourth-order valence-electron chi connectivity index (χ4n) is 6.90. The molecule has 6 nitrogen and oxygen atoms in total. The highest BCUT2D eigenvalue weighted by Gasteiger charge is 2.25. The van der Waals surface area contributed by atoms with E-state index in [0.717, 1.165) is 64.8 Å². The molecule has 0 radical (unpaired) electrons. The highest BCUT2D eigenvalue weighted by molar-refractivity contribution is 7.20. The van der Waals surface area contributed by atoms with Crippen LogP contribution >= 0.6 is 22.7 Å². The molecule has 8 rings (SSSR count). The molecule has 4 heterocycles. The fourth-order valence-corrected chi connectivity index (χ4v) is 8.91. The highest BCUT2D eigenvalue weighted by Crippen LogP contribution is 2.36. The first-order valence-electron chi connectivity index (χ1n) is 18.0. The average Bonchev–Trinajstić information content (AvgIpc) is 3.92. The monoisotopic (exact) mass is 740 g/mol. The minimum Gasteiger partial charge on any atom is -0.363 e. The molecule has 0 unspecified atom stereocenters. The van der Waals surface area contributed by atoms with Crippen LogP contribution in [0.3, 0.4) is 0 Å². The molecular weight excluding hydrogens is 701 g/mol. The van der Waals surface area contributed by atoms with Crippen LogP contribution in [0.4, 0.5) is 0 Å². The Morgan fingerprint density at radius 1 is 0.648 bits per heavy atom. The quantitative estimate of drug-likeness (QED) is 0.176. The number of aryl methyl sites for hydroxylation is 2. The summed E-state index contributed by atoms with van der Waals surface area (Å²) >= 11 is 3.07. The number of H-pyrrole nitrogens is 2. The van der Waals surface area contributed by atoms with Gasteiger partial charge in [0.15, 0.2) is 0 Å². The van der Waals surface area contributed by atoms with Crippen molar-refractivity contribution in [3.05, 3.63) is 139 Å². The molecule has 8 heteroatoms. The van der Waals surface area contributed by atoms with Crippen LogP contribution in [0.15, 0.2) is 84.9 Å². The van der Waals surface area contributed by atoms with E-state index >= 15 is 0 Å². The van der Waals surface area contributed by atoms with Gasteiger partial charge >= 0.3 is 0 Å². The van der Waals surface area contributed by atoms with E-state index in [2.05, 4.69) is 161 Å². The molecule has 266 valence electrons. The van der Waals surface area contributed by atoms with Crippen molar-refractivity contribution in [1.29, 1.82) is 5.26 Å². The van der Waals surface area contributed by atoms with Gasteiger partial charge in [-0.2, -0.15) is 5.26 Å². The van der Waals surface area contributed by atoms with Crippen molar-refractivity contribution in [1.82, 2.24) is 19.9 Å². The second-order valence-electron chi connectivity index (χ2n) is 16.1. The molecule has 0 spiro atoms. The van der Waals surface area contributed by atoms with Crippen LogP contribution in [0, 0.1) is 31.8 Å². The summed E-state index contributed by atoms with van der Waals surface area (Å²) in [5, 5.41) is 15.3. The van der Waals surface area contributed by atoms with E-state index in [-0.39, 0.29) is 10.8 Å². The number of nitrogens with zero attached hydrogens (tertiary/aromatic N) is 4. The molecule has 0 fully saturated rings. The summed E-state index contributed by atoms with van der Waals surface area (Å²) in [6, 6.07) is 32.0. The van der Waals surface area contributed by atoms with Gasteiger partial charge in [0.25, 0.3) is 0 Å². The third-order valence-corrected chi connectivity index (χ3v) is 12.1. The van der Waals surface area contributed by atoms with Crippen LogP contribution < -0.4 is 10.7 Å². The van der Waals surface area contributed by atoms with Crippen molar-refractivity contribution in [2.24, 2.45) is 0 Å². The number of benzene rings is 4. The second kappa shape index (κ2) is 13.0. The zero-order valence-corrected chi connectivity index (χ0v) is 33.3. The lowest BCUT2D eigenvalue weighted by atomic mass is 9.87. The molecule has 54 heavy (non-hydrogen) atoms. The minimum absolute atomic E-state index is 0.0171. The molecule has 0 bridgehead atoms. The molecule has 0 aliphatic carbocycles. The minimum atomic E-state index is -0.0194. The van der Waals surface area contributed by atoms with E-state index in [0.29, 0.717) is 32.0 Å². The Morgan fingerprint density at radius 3 is 1.56 bits per heavy atom. The van der Waals surface area contributed by atoms with Gasteiger partial charge in [-0.25, -0.2) is 14.8 Å². The van der Waals surface area contributed by atoms with E-state index in [4.69, 9.17) is 16.5 Å². The van der Waals surface area contributed by atoms with Gasteiger partial charge in [0.05, 0.1) is 49.1 Å². The molecule has 4 aromatic carbocycles. The van der Waals surface area contributed by atoms with Crippen molar-refractivity contribution in [3.8, 4) is 28.6 Å². The van der Waals surface area contributed by atoms with Crippen LogP contribution in [-0.4, -0.2) is 19.9 Å². The van der Waals surface area contributed by atoms with E-state index in [9.17, 15) is 5.26 Å². The Hall–Kier alpha value is -5.80.